The largest absolute Gasteiger partial charge is 0.481 e. The number of carbonyl (C=O) groups is 1. The molecule has 33 heavy (non-hydrogen) atoms. The van der Waals surface area contributed by atoms with E-state index < -0.39 is 5.97 Å². The van der Waals surface area contributed by atoms with Gasteiger partial charge in [0.05, 0.1) is 7.11 Å². The number of rotatable bonds is 11. The molecule has 1 saturated heterocycles. The number of ether oxygens (including phenoxy) is 2. The molecule has 180 valence electrons. The van der Waals surface area contributed by atoms with Crippen molar-refractivity contribution in [3.63, 3.8) is 0 Å². The number of aromatic nitrogens is 5. The number of carboxylic acids is 1. The van der Waals surface area contributed by atoms with Crippen LogP contribution in [0.15, 0.2) is 12.3 Å². The molecular weight excluding hydrogens is 426 g/mol. The van der Waals surface area contributed by atoms with Gasteiger partial charge in [-0.15, -0.1) is 0 Å². The lowest BCUT2D eigenvalue weighted by Gasteiger charge is -2.45. The van der Waals surface area contributed by atoms with Crippen LogP contribution in [0.5, 0.6) is 6.01 Å². The molecule has 1 aliphatic rings. The van der Waals surface area contributed by atoms with E-state index in [1.807, 2.05) is 6.07 Å². The molecule has 2 aromatic heterocycles. The molecule has 0 amide bonds. The maximum atomic E-state index is 10.6. The van der Waals surface area contributed by atoms with Crippen LogP contribution in [0, 0.1) is 0 Å². The molecule has 0 aromatic carbocycles. The molecule has 3 rings (SSSR count). The first-order valence-electron chi connectivity index (χ1n) is 11.3. The zero-order valence-corrected chi connectivity index (χ0v) is 19.8. The van der Waals surface area contributed by atoms with Crippen molar-refractivity contribution in [2.24, 2.45) is 0 Å². The van der Waals surface area contributed by atoms with Crippen molar-refractivity contribution in [3.05, 3.63) is 23.9 Å². The van der Waals surface area contributed by atoms with Gasteiger partial charge in [0.15, 0.2) is 5.82 Å². The standard InChI is InChI=1S/C22H33N7O4/c1-15-12-28(21-25-18(14-32-3)26-22(27-21)33-4)13-16(2)29(15)19-10-11-23-17(24-19)8-6-5-7-9-20(30)31/h10-11,15-16H,5-9,12-14H2,1-4H3,(H,30,31)/t15-,16+. The predicted octanol–water partition coefficient (Wildman–Crippen LogP) is 2.11. The predicted molar refractivity (Wildman–Crippen MR) is 123 cm³/mol. The second-order valence-electron chi connectivity index (χ2n) is 8.27. The molecule has 2 aromatic rings. The Hall–Kier alpha value is -3.08. The smallest absolute Gasteiger partial charge is 0.321 e. The molecule has 1 aliphatic heterocycles. The van der Waals surface area contributed by atoms with Crippen molar-refractivity contribution in [3.8, 4) is 6.01 Å². The number of hydrogen-bond donors (Lipinski definition) is 1. The lowest BCUT2D eigenvalue weighted by molar-refractivity contribution is -0.137. The topological polar surface area (TPSA) is 127 Å². The van der Waals surface area contributed by atoms with Crippen LogP contribution in [0.2, 0.25) is 0 Å². The summed E-state index contributed by atoms with van der Waals surface area (Å²) in [5.74, 6) is 2.05. The molecule has 0 bridgehead atoms. The zero-order valence-electron chi connectivity index (χ0n) is 19.8. The van der Waals surface area contributed by atoms with Crippen LogP contribution < -0.4 is 14.5 Å². The van der Waals surface area contributed by atoms with E-state index in [1.165, 1.54) is 7.11 Å². The third-order valence-electron chi connectivity index (χ3n) is 5.55. The number of aliphatic carboxylic acids is 1. The van der Waals surface area contributed by atoms with Gasteiger partial charge < -0.3 is 24.4 Å². The van der Waals surface area contributed by atoms with E-state index in [4.69, 9.17) is 19.6 Å². The van der Waals surface area contributed by atoms with Gasteiger partial charge in [0.1, 0.15) is 18.2 Å². The van der Waals surface area contributed by atoms with Crippen molar-refractivity contribution >= 4 is 17.7 Å². The lowest BCUT2D eigenvalue weighted by atomic mass is 10.1. The average Bonchev–Trinajstić information content (AvgIpc) is 2.78. The normalized spacial score (nSPS) is 18.4. The molecule has 2 atom stereocenters. The Labute approximate surface area is 194 Å². The third kappa shape index (κ3) is 6.70. The van der Waals surface area contributed by atoms with Crippen LogP contribution in [-0.4, -0.2) is 75.4 Å². The Balaban J connectivity index is 1.67. The fraction of sp³-hybridized carbons (Fsp3) is 0.636. The van der Waals surface area contributed by atoms with E-state index in [9.17, 15) is 4.79 Å². The van der Waals surface area contributed by atoms with Gasteiger partial charge in [-0.25, -0.2) is 9.97 Å². The van der Waals surface area contributed by atoms with Crippen molar-refractivity contribution < 1.29 is 19.4 Å². The van der Waals surface area contributed by atoms with E-state index in [0.717, 1.165) is 44.0 Å². The minimum absolute atomic E-state index is 0.167. The van der Waals surface area contributed by atoms with Crippen LogP contribution >= 0.6 is 0 Å². The highest BCUT2D eigenvalue weighted by molar-refractivity contribution is 5.66. The number of unbranched alkanes of at least 4 members (excludes halogenated alkanes) is 2. The van der Waals surface area contributed by atoms with Crippen molar-refractivity contribution in [2.75, 3.05) is 37.1 Å². The lowest BCUT2D eigenvalue weighted by Crippen LogP contribution is -2.57. The van der Waals surface area contributed by atoms with Crippen molar-refractivity contribution in [1.29, 1.82) is 0 Å². The van der Waals surface area contributed by atoms with E-state index in [2.05, 4.69) is 43.6 Å². The fourth-order valence-corrected chi connectivity index (χ4v) is 4.14. The first kappa shape index (κ1) is 24.6. The Morgan fingerprint density at radius 1 is 1.06 bits per heavy atom. The van der Waals surface area contributed by atoms with Gasteiger partial charge in [-0.05, 0) is 32.8 Å². The van der Waals surface area contributed by atoms with Crippen LogP contribution in [-0.2, 0) is 22.6 Å². The summed E-state index contributed by atoms with van der Waals surface area (Å²) in [7, 11) is 3.14. The summed E-state index contributed by atoms with van der Waals surface area (Å²) >= 11 is 0. The van der Waals surface area contributed by atoms with Gasteiger partial charge >= 0.3 is 12.0 Å². The summed E-state index contributed by atoms with van der Waals surface area (Å²) in [6.45, 7) is 6.05. The molecule has 1 fully saturated rings. The molecule has 11 nitrogen and oxygen atoms in total. The Morgan fingerprint density at radius 2 is 1.82 bits per heavy atom. The Bertz CT molecular complexity index is 917. The molecule has 1 N–H and O–H groups in total. The second-order valence-corrected chi connectivity index (χ2v) is 8.27. The van der Waals surface area contributed by atoms with E-state index >= 15 is 0 Å². The second kappa shape index (κ2) is 11.7. The summed E-state index contributed by atoms with van der Waals surface area (Å²) in [5.41, 5.74) is 0. The molecule has 0 radical (unpaired) electrons. The Kier molecular flexibility index (Phi) is 8.70. The van der Waals surface area contributed by atoms with Gasteiger partial charge in [0.25, 0.3) is 0 Å². The molecule has 0 spiro atoms. The van der Waals surface area contributed by atoms with Gasteiger partial charge in [-0.2, -0.15) is 15.0 Å². The number of hydrogen-bond acceptors (Lipinski definition) is 10. The minimum Gasteiger partial charge on any atom is -0.481 e. The number of aryl methyl sites for hydroxylation is 1. The number of methoxy groups -OCH3 is 2. The number of anilines is 2. The molecule has 11 heteroatoms. The monoisotopic (exact) mass is 459 g/mol. The zero-order chi connectivity index (χ0) is 23.8. The highest BCUT2D eigenvalue weighted by atomic mass is 16.5. The summed E-state index contributed by atoms with van der Waals surface area (Å²) in [6, 6.07) is 2.55. The van der Waals surface area contributed by atoms with Crippen LogP contribution in [0.4, 0.5) is 11.8 Å². The number of nitrogens with zero attached hydrogens (tertiary/aromatic N) is 7. The maximum Gasteiger partial charge on any atom is 0.321 e. The Morgan fingerprint density at radius 3 is 2.48 bits per heavy atom. The summed E-state index contributed by atoms with van der Waals surface area (Å²) in [4.78, 5) is 37.5. The summed E-state index contributed by atoms with van der Waals surface area (Å²) < 4.78 is 10.4. The van der Waals surface area contributed by atoms with Gasteiger partial charge in [0.2, 0.25) is 5.95 Å². The third-order valence-corrected chi connectivity index (χ3v) is 5.55. The SMILES string of the molecule is COCc1nc(OC)nc(N2C[C@@H](C)N(c3ccnc(CCCCCC(=O)O)n3)[C@@H](C)C2)n1. The fourth-order valence-electron chi connectivity index (χ4n) is 4.14. The van der Waals surface area contributed by atoms with Crippen molar-refractivity contribution in [1.82, 2.24) is 24.9 Å². The summed E-state index contributed by atoms with van der Waals surface area (Å²) in [6.07, 6.45) is 5.16. The molecular formula is C22H33N7O4. The molecule has 0 unspecified atom stereocenters. The number of piperazine rings is 1. The first-order chi connectivity index (χ1) is 15.9. The quantitative estimate of drug-likeness (QED) is 0.496. The van der Waals surface area contributed by atoms with Crippen molar-refractivity contribution in [2.45, 2.75) is 64.6 Å². The number of carboxylic acid groups (broad SMARTS) is 1. The van der Waals surface area contributed by atoms with Gasteiger partial charge in [0, 0.05) is 51.3 Å². The average molecular weight is 460 g/mol. The summed E-state index contributed by atoms with van der Waals surface area (Å²) in [5, 5.41) is 8.76. The molecule has 0 saturated carbocycles. The van der Waals surface area contributed by atoms with Crippen LogP contribution in [0.1, 0.15) is 51.2 Å². The molecule has 0 aliphatic carbocycles. The van der Waals surface area contributed by atoms with E-state index in [1.54, 1.807) is 13.3 Å². The minimum atomic E-state index is -0.749. The molecule has 3 heterocycles. The van der Waals surface area contributed by atoms with E-state index in [0.29, 0.717) is 18.2 Å². The van der Waals surface area contributed by atoms with Gasteiger partial charge in [-0.1, -0.05) is 6.42 Å². The maximum absolute atomic E-state index is 10.6. The van der Waals surface area contributed by atoms with Gasteiger partial charge in [-0.3, -0.25) is 4.79 Å². The first-order valence-corrected chi connectivity index (χ1v) is 11.3. The van der Waals surface area contributed by atoms with Crippen LogP contribution in [0.3, 0.4) is 0 Å². The van der Waals surface area contributed by atoms with E-state index in [-0.39, 0.29) is 31.1 Å². The highest BCUT2D eigenvalue weighted by Gasteiger charge is 2.32. The highest BCUT2D eigenvalue weighted by Crippen LogP contribution is 2.25. The van der Waals surface area contributed by atoms with Crippen LogP contribution in [0.25, 0.3) is 0 Å².